The molecule has 0 aliphatic carbocycles. The smallest absolute Gasteiger partial charge is 0.263 e. The zero-order valence-corrected chi connectivity index (χ0v) is 16.2. The average molecular weight is 397 g/mol. The standard InChI is InChI=1S/C23H19N5O2/c29-23-17-4-3-12-25-22(17)27-20(28(23)15-11-16-9-13-24-14-10-16)7-8-21-26-18-5-1-2-6-19(18)30-21/h1-6,9-10,12-14H,7-8,11,15H2. The maximum Gasteiger partial charge on any atom is 0.263 e. The van der Waals surface area contributed by atoms with Crippen molar-refractivity contribution in [3.63, 3.8) is 0 Å². The van der Waals surface area contributed by atoms with E-state index in [0.29, 0.717) is 48.6 Å². The van der Waals surface area contributed by atoms with Crippen LogP contribution < -0.4 is 5.56 Å². The van der Waals surface area contributed by atoms with Crippen LogP contribution >= 0.6 is 0 Å². The molecule has 1 aromatic carbocycles. The molecule has 0 radical (unpaired) electrons. The predicted molar refractivity (Wildman–Crippen MR) is 113 cm³/mol. The van der Waals surface area contributed by atoms with Gasteiger partial charge in [-0.1, -0.05) is 12.1 Å². The highest BCUT2D eigenvalue weighted by atomic mass is 16.3. The molecule has 5 rings (SSSR count). The molecule has 5 aromatic rings. The lowest BCUT2D eigenvalue weighted by molar-refractivity contribution is 0.516. The van der Waals surface area contributed by atoms with Crippen LogP contribution in [0, 0.1) is 0 Å². The van der Waals surface area contributed by atoms with Crippen LogP contribution in [0.25, 0.3) is 22.1 Å². The molecule has 0 atom stereocenters. The molecule has 4 heterocycles. The van der Waals surface area contributed by atoms with Crippen LogP contribution in [0.15, 0.2) is 76.3 Å². The fourth-order valence-electron chi connectivity index (χ4n) is 3.56. The van der Waals surface area contributed by atoms with E-state index in [9.17, 15) is 4.79 Å². The van der Waals surface area contributed by atoms with Gasteiger partial charge in [0, 0.05) is 38.0 Å². The van der Waals surface area contributed by atoms with Gasteiger partial charge in [-0.15, -0.1) is 0 Å². The first-order chi connectivity index (χ1) is 14.8. The van der Waals surface area contributed by atoms with Gasteiger partial charge >= 0.3 is 0 Å². The summed E-state index contributed by atoms with van der Waals surface area (Å²) in [6.07, 6.45) is 6.97. The molecular weight excluding hydrogens is 378 g/mol. The highest BCUT2D eigenvalue weighted by Gasteiger charge is 2.14. The van der Waals surface area contributed by atoms with Crippen molar-refractivity contribution in [3.8, 4) is 0 Å². The number of fused-ring (bicyclic) bond motifs is 2. The van der Waals surface area contributed by atoms with Gasteiger partial charge in [0.15, 0.2) is 17.1 Å². The Hall–Kier alpha value is -3.87. The first-order valence-electron chi connectivity index (χ1n) is 9.86. The van der Waals surface area contributed by atoms with Crippen LogP contribution in [0.5, 0.6) is 0 Å². The van der Waals surface area contributed by atoms with Gasteiger partial charge in [-0.3, -0.25) is 14.3 Å². The Kier molecular flexibility index (Phi) is 4.77. The third kappa shape index (κ3) is 3.57. The van der Waals surface area contributed by atoms with Crippen molar-refractivity contribution in [2.45, 2.75) is 25.8 Å². The third-order valence-corrected chi connectivity index (χ3v) is 5.08. The van der Waals surface area contributed by atoms with Gasteiger partial charge in [0.05, 0.1) is 5.39 Å². The van der Waals surface area contributed by atoms with E-state index in [4.69, 9.17) is 4.42 Å². The number of benzene rings is 1. The van der Waals surface area contributed by atoms with Crippen molar-refractivity contribution in [2.75, 3.05) is 0 Å². The largest absolute Gasteiger partial charge is 0.441 e. The van der Waals surface area contributed by atoms with Gasteiger partial charge in [-0.2, -0.15) is 0 Å². The quantitative estimate of drug-likeness (QED) is 0.437. The van der Waals surface area contributed by atoms with Crippen LogP contribution in [0.2, 0.25) is 0 Å². The topological polar surface area (TPSA) is 86.7 Å². The summed E-state index contributed by atoms with van der Waals surface area (Å²) in [7, 11) is 0. The molecule has 0 aliphatic heterocycles. The number of pyridine rings is 2. The maximum absolute atomic E-state index is 13.2. The number of oxazole rings is 1. The Morgan fingerprint density at radius 2 is 1.73 bits per heavy atom. The minimum absolute atomic E-state index is 0.0743. The number of hydrogen-bond donors (Lipinski definition) is 0. The zero-order valence-electron chi connectivity index (χ0n) is 16.2. The van der Waals surface area contributed by atoms with E-state index < -0.39 is 0 Å². The Morgan fingerprint density at radius 1 is 0.867 bits per heavy atom. The van der Waals surface area contributed by atoms with Crippen molar-refractivity contribution in [3.05, 3.63) is 94.8 Å². The molecule has 0 saturated heterocycles. The van der Waals surface area contributed by atoms with Gasteiger partial charge in [-0.25, -0.2) is 15.0 Å². The summed E-state index contributed by atoms with van der Waals surface area (Å²) in [6.45, 7) is 0.531. The summed E-state index contributed by atoms with van der Waals surface area (Å²) < 4.78 is 7.57. The Morgan fingerprint density at radius 3 is 2.60 bits per heavy atom. The summed E-state index contributed by atoms with van der Waals surface area (Å²) in [5, 5.41) is 0.526. The molecule has 0 spiro atoms. The molecule has 4 aromatic heterocycles. The fraction of sp³-hybridized carbons (Fsp3) is 0.174. The normalized spacial score (nSPS) is 11.3. The molecule has 7 heteroatoms. The molecule has 0 bridgehead atoms. The van der Waals surface area contributed by atoms with Crippen molar-refractivity contribution < 1.29 is 4.42 Å². The summed E-state index contributed by atoms with van der Waals surface area (Å²) in [5.41, 5.74) is 3.10. The molecular formula is C23H19N5O2. The molecule has 30 heavy (non-hydrogen) atoms. The monoisotopic (exact) mass is 397 g/mol. The van der Waals surface area contributed by atoms with E-state index in [-0.39, 0.29) is 5.56 Å². The van der Waals surface area contributed by atoms with Crippen LogP contribution in [-0.2, 0) is 25.8 Å². The molecule has 0 aliphatic rings. The SMILES string of the molecule is O=c1c2cccnc2nc(CCc2nc3ccccc3o2)n1CCc1ccncc1. The molecule has 0 fully saturated rings. The van der Waals surface area contributed by atoms with Gasteiger partial charge < -0.3 is 4.42 Å². The number of aryl methyl sites for hydroxylation is 3. The lowest BCUT2D eigenvalue weighted by atomic mass is 10.2. The van der Waals surface area contributed by atoms with Crippen LogP contribution in [-0.4, -0.2) is 24.5 Å². The second kappa shape index (κ2) is 7.87. The lowest BCUT2D eigenvalue weighted by Gasteiger charge is -2.13. The number of aromatic nitrogens is 5. The number of nitrogens with zero attached hydrogens (tertiary/aromatic N) is 5. The molecule has 0 unspecified atom stereocenters. The third-order valence-electron chi connectivity index (χ3n) is 5.08. The van der Waals surface area contributed by atoms with Gasteiger partial charge in [0.1, 0.15) is 11.3 Å². The molecule has 0 N–H and O–H groups in total. The van der Waals surface area contributed by atoms with Crippen LogP contribution in [0.3, 0.4) is 0 Å². The van der Waals surface area contributed by atoms with Gasteiger partial charge in [0.2, 0.25) is 0 Å². The minimum Gasteiger partial charge on any atom is -0.441 e. The summed E-state index contributed by atoms with van der Waals surface area (Å²) in [4.78, 5) is 30.7. The predicted octanol–water partition coefficient (Wildman–Crippen LogP) is 3.36. The summed E-state index contributed by atoms with van der Waals surface area (Å²) >= 11 is 0. The summed E-state index contributed by atoms with van der Waals surface area (Å²) in [5.74, 6) is 1.31. The maximum atomic E-state index is 13.2. The second-order valence-corrected chi connectivity index (χ2v) is 7.04. The fourth-order valence-corrected chi connectivity index (χ4v) is 3.56. The Bertz CT molecular complexity index is 1340. The van der Waals surface area contributed by atoms with Crippen LogP contribution in [0.1, 0.15) is 17.3 Å². The Balaban J connectivity index is 1.47. The van der Waals surface area contributed by atoms with Crippen molar-refractivity contribution in [2.24, 2.45) is 0 Å². The summed E-state index contributed by atoms with van der Waals surface area (Å²) in [6, 6.07) is 15.1. The highest BCUT2D eigenvalue weighted by Crippen LogP contribution is 2.16. The zero-order chi connectivity index (χ0) is 20.3. The lowest BCUT2D eigenvalue weighted by Crippen LogP contribution is -2.27. The molecule has 7 nitrogen and oxygen atoms in total. The molecule has 0 saturated carbocycles. The Labute approximate surface area is 172 Å². The van der Waals surface area contributed by atoms with Crippen molar-refractivity contribution in [1.29, 1.82) is 0 Å². The highest BCUT2D eigenvalue weighted by molar-refractivity contribution is 5.73. The van der Waals surface area contributed by atoms with Crippen molar-refractivity contribution >= 4 is 22.1 Å². The van der Waals surface area contributed by atoms with E-state index in [0.717, 1.165) is 16.7 Å². The first-order valence-corrected chi connectivity index (χ1v) is 9.86. The number of para-hydroxylation sites is 2. The van der Waals surface area contributed by atoms with E-state index in [1.54, 1.807) is 35.3 Å². The van der Waals surface area contributed by atoms with Crippen LogP contribution in [0.4, 0.5) is 0 Å². The second-order valence-electron chi connectivity index (χ2n) is 7.04. The molecule has 0 amide bonds. The first kappa shape index (κ1) is 18.2. The van der Waals surface area contributed by atoms with Gasteiger partial charge in [-0.05, 0) is 48.4 Å². The minimum atomic E-state index is -0.0743. The van der Waals surface area contributed by atoms with E-state index in [1.807, 2.05) is 36.4 Å². The van der Waals surface area contributed by atoms with Crippen molar-refractivity contribution in [1.82, 2.24) is 24.5 Å². The molecule has 148 valence electrons. The van der Waals surface area contributed by atoms with E-state index in [1.165, 1.54) is 0 Å². The van der Waals surface area contributed by atoms with E-state index in [2.05, 4.69) is 19.9 Å². The number of rotatable bonds is 6. The van der Waals surface area contributed by atoms with E-state index >= 15 is 0 Å². The average Bonchev–Trinajstić information content (AvgIpc) is 3.21. The van der Waals surface area contributed by atoms with Gasteiger partial charge in [0.25, 0.3) is 5.56 Å². The number of hydrogen-bond acceptors (Lipinski definition) is 6.